The van der Waals surface area contributed by atoms with Crippen molar-refractivity contribution in [1.82, 2.24) is 9.62 Å². The van der Waals surface area contributed by atoms with Crippen molar-refractivity contribution in [3.05, 3.63) is 29.8 Å². The molecule has 2 unspecified atom stereocenters. The van der Waals surface area contributed by atoms with Gasteiger partial charge in [0.2, 0.25) is 15.9 Å². The van der Waals surface area contributed by atoms with Crippen molar-refractivity contribution in [1.29, 1.82) is 0 Å². The van der Waals surface area contributed by atoms with Crippen molar-refractivity contribution in [3.63, 3.8) is 0 Å². The highest BCUT2D eigenvalue weighted by Crippen LogP contribution is 2.17. The molecule has 1 aromatic carbocycles. The molecule has 7 heteroatoms. The second-order valence-electron chi connectivity index (χ2n) is 4.97. The summed E-state index contributed by atoms with van der Waals surface area (Å²) in [7, 11) is -2.07. The van der Waals surface area contributed by atoms with Gasteiger partial charge in [-0.3, -0.25) is 4.79 Å². The molecule has 1 amide bonds. The number of hydrogen-bond donors (Lipinski definition) is 2. The van der Waals surface area contributed by atoms with Crippen LogP contribution in [0.2, 0.25) is 0 Å². The molecule has 0 radical (unpaired) electrons. The lowest BCUT2D eigenvalue weighted by Gasteiger charge is -2.13. The Morgan fingerprint density at radius 3 is 2.40 bits per heavy atom. The summed E-state index contributed by atoms with van der Waals surface area (Å²) in [6.07, 6.45) is -0.176. The quantitative estimate of drug-likeness (QED) is 0.834. The molecule has 1 heterocycles. The predicted molar refractivity (Wildman–Crippen MR) is 73.4 cm³/mol. The van der Waals surface area contributed by atoms with E-state index >= 15 is 0 Å². The van der Waals surface area contributed by atoms with Gasteiger partial charge in [0.05, 0.1) is 11.0 Å². The minimum Gasteiger partial charge on any atom is -0.389 e. The van der Waals surface area contributed by atoms with Gasteiger partial charge in [0.15, 0.2) is 0 Å². The molecule has 2 atom stereocenters. The number of amides is 1. The van der Waals surface area contributed by atoms with Crippen LogP contribution in [0.1, 0.15) is 25.0 Å². The van der Waals surface area contributed by atoms with Crippen LogP contribution >= 0.6 is 0 Å². The molecule has 1 saturated heterocycles. The summed E-state index contributed by atoms with van der Waals surface area (Å²) in [6, 6.07) is 5.27. The maximum Gasteiger partial charge on any atom is 0.241 e. The minimum atomic E-state index is -3.72. The maximum absolute atomic E-state index is 12.2. The van der Waals surface area contributed by atoms with Gasteiger partial charge in [0.25, 0.3) is 0 Å². The summed E-state index contributed by atoms with van der Waals surface area (Å²) in [4.78, 5) is 13.3. The van der Waals surface area contributed by atoms with E-state index in [-0.39, 0.29) is 10.8 Å². The SMILES string of the molecule is CC(O)c1ccc(S(=O)(=O)NC2CCN(C)C2=O)cc1. The van der Waals surface area contributed by atoms with Crippen LogP contribution in [0.15, 0.2) is 29.2 Å². The fourth-order valence-electron chi connectivity index (χ4n) is 2.11. The van der Waals surface area contributed by atoms with Gasteiger partial charge < -0.3 is 10.0 Å². The molecule has 0 saturated carbocycles. The Balaban J connectivity index is 2.16. The molecule has 1 aromatic rings. The first-order valence-electron chi connectivity index (χ1n) is 6.36. The predicted octanol–water partition coefficient (Wildman–Crippen LogP) is 0.249. The van der Waals surface area contributed by atoms with Crippen LogP contribution in [0.4, 0.5) is 0 Å². The summed E-state index contributed by atoms with van der Waals surface area (Å²) >= 11 is 0. The van der Waals surface area contributed by atoms with E-state index in [1.54, 1.807) is 26.1 Å². The molecule has 6 nitrogen and oxygen atoms in total. The average molecular weight is 298 g/mol. The fourth-order valence-corrected chi connectivity index (χ4v) is 3.34. The lowest BCUT2D eigenvalue weighted by Crippen LogP contribution is -2.40. The van der Waals surface area contributed by atoms with Gasteiger partial charge in [0, 0.05) is 13.6 Å². The van der Waals surface area contributed by atoms with Crippen LogP contribution in [0.5, 0.6) is 0 Å². The number of carbonyl (C=O) groups excluding carboxylic acids is 1. The van der Waals surface area contributed by atoms with Crippen molar-refractivity contribution >= 4 is 15.9 Å². The zero-order valence-corrected chi connectivity index (χ0v) is 12.2. The third kappa shape index (κ3) is 3.00. The van der Waals surface area contributed by atoms with Crippen molar-refractivity contribution < 1.29 is 18.3 Å². The van der Waals surface area contributed by atoms with Gasteiger partial charge in [-0.1, -0.05) is 12.1 Å². The highest BCUT2D eigenvalue weighted by Gasteiger charge is 2.32. The summed E-state index contributed by atoms with van der Waals surface area (Å²) in [5.74, 6) is -0.214. The summed E-state index contributed by atoms with van der Waals surface area (Å²) in [5, 5.41) is 9.40. The molecule has 110 valence electrons. The number of rotatable bonds is 4. The number of nitrogens with zero attached hydrogens (tertiary/aromatic N) is 1. The first kappa shape index (κ1) is 15.0. The van der Waals surface area contributed by atoms with E-state index in [1.807, 2.05) is 0 Å². The summed E-state index contributed by atoms with van der Waals surface area (Å²) in [6.45, 7) is 2.15. The number of nitrogens with one attached hydrogen (secondary N) is 1. The van der Waals surface area contributed by atoms with E-state index in [1.165, 1.54) is 17.0 Å². The average Bonchev–Trinajstić information content (AvgIpc) is 2.70. The Hall–Kier alpha value is -1.44. The third-order valence-electron chi connectivity index (χ3n) is 3.40. The molecule has 0 aliphatic carbocycles. The topological polar surface area (TPSA) is 86.7 Å². The highest BCUT2D eigenvalue weighted by atomic mass is 32.2. The lowest BCUT2D eigenvalue weighted by molar-refractivity contribution is -0.127. The van der Waals surface area contributed by atoms with E-state index < -0.39 is 22.2 Å². The Bertz CT molecular complexity index is 595. The van der Waals surface area contributed by atoms with Crippen LogP contribution in [0, 0.1) is 0 Å². The molecular weight excluding hydrogens is 280 g/mol. The van der Waals surface area contributed by atoms with Crippen LogP contribution < -0.4 is 4.72 Å². The number of hydrogen-bond acceptors (Lipinski definition) is 4. The number of likely N-dealkylation sites (tertiary alicyclic amines) is 1. The molecule has 1 aliphatic rings. The zero-order chi connectivity index (χ0) is 14.9. The van der Waals surface area contributed by atoms with E-state index in [2.05, 4.69) is 4.72 Å². The number of likely N-dealkylation sites (N-methyl/N-ethyl adjacent to an activating group) is 1. The molecule has 1 fully saturated rings. The van der Waals surface area contributed by atoms with Gasteiger partial charge in [-0.25, -0.2) is 8.42 Å². The van der Waals surface area contributed by atoms with Gasteiger partial charge in [-0.2, -0.15) is 4.72 Å². The Labute approximate surface area is 118 Å². The monoisotopic (exact) mass is 298 g/mol. The van der Waals surface area contributed by atoms with E-state index in [0.717, 1.165) is 0 Å². The molecule has 0 bridgehead atoms. The van der Waals surface area contributed by atoms with Crippen LogP contribution in [-0.2, 0) is 14.8 Å². The van der Waals surface area contributed by atoms with E-state index in [0.29, 0.717) is 18.5 Å². The van der Waals surface area contributed by atoms with Crippen LogP contribution in [-0.4, -0.2) is 44.0 Å². The van der Waals surface area contributed by atoms with E-state index in [4.69, 9.17) is 0 Å². The Morgan fingerprint density at radius 1 is 1.35 bits per heavy atom. The Kier molecular flexibility index (Phi) is 4.12. The maximum atomic E-state index is 12.2. The van der Waals surface area contributed by atoms with Gasteiger partial charge in [-0.15, -0.1) is 0 Å². The van der Waals surface area contributed by atoms with Gasteiger partial charge in [0.1, 0.15) is 6.04 Å². The largest absolute Gasteiger partial charge is 0.389 e. The van der Waals surface area contributed by atoms with Crippen LogP contribution in [0.25, 0.3) is 0 Å². The molecule has 20 heavy (non-hydrogen) atoms. The fraction of sp³-hybridized carbons (Fsp3) is 0.462. The molecule has 0 aromatic heterocycles. The smallest absolute Gasteiger partial charge is 0.241 e. The number of benzene rings is 1. The molecule has 1 aliphatic heterocycles. The zero-order valence-electron chi connectivity index (χ0n) is 11.4. The minimum absolute atomic E-state index is 0.0873. The Morgan fingerprint density at radius 2 is 1.95 bits per heavy atom. The number of sulfonamides is 1. The van der Waals surface area contributed by atoms with Crippen molar-refractivity contribution in [2.45, 2.75) is 30.4 Å². The molecule has 2 rings (SSSR count). The van der Waals surface area contributed by atoms with Crippen molar-refractivity contribution in [2.75, 3.05) is 13.6 Å². The molecule has 2 N–H and O–H groups in total. The van der Waals surface area contributed by atoms with Crippen LogP contribution in [0.3, 0.4) is 0 Å². The van der Waals surface area contributed by atoms with Crippen molar-refractivity contribution in [3.8, 4) is 0 Å². The molecular formula is C13H18N2O4S. The first-order chi connectivity index (χ1) is 9.31. The van der Waals surface area contributed by atoms with Crippen molar-refractivity contribution in [2.24, 2.45) is 0 Å². The number of aliphatic hydroxyl groups excluding tert-OH is 1. The number of aliphatic hydroxyl groups is 1. The second kappa shape index (κ2) is 5.51. The molecule has 0 spiro atoms. The van der Waals surface area contributed by atoms with E-state index in [9.17, 15) is 18.3 Å². The summed E-state index contributed by atoms with van der Waals surface area (Å²) in [5.41, 5.74) is 0.639. The number of carbonyl (C=O) groups is 1. The van der Waals surface area contributed by atoms with Gasteiger partial charge >= 0.3 is 0 Å². The third-order valence-corrected chi connectivity index (χ3v) is 4.89. The first-order valence-corrected chi connectivity index (χ1v) is 7.85. The second-order valence-corrected chi connectivity index (χ2v) is 6.68. The normalized spacial score (nSPS) is 21.2. The highest BCUT2D eigenvalue weighted by molar-refractivity contribution is 7.89. The lowest BCUT2D eigenvalue weighted by atomic mass is 10.1. The van der Waals surface area contributed by atoms with Gasteiger partial charge in [-0.05, 0) is 31.0 Å². The summed E-state index contributed by atoms with van der Waals surface area (Å²) < 4.78 is 26.8. The standard InChI is InChI=1S/C13H18N2O4S/c1-9(16)10-3-5-11(6-4-10)20(18,19)14-12-7-8-15(2)13(12)17/h3-6,9,12,14,16H,7-8H2,1-2H3.